The molecule has 4 heterocycles. The Hall–Kier alpha value is -5.58. The number of imidazole rings is 1. The molecule has 0 unspecified atom stereocenters. The molecule has 3 aromatic heterocycles. The lowest BCUT2D eigenvalue weighted by molar-refractivity contribution is -0.144. The Bertz CT molecular complexity index is 2020. The fourth-order valence-electron chi connectivity index (χ4n) is 6.25. The molecule has 4 N–H and O–H groups in total. The molecule has 1 atom stereocenters. The molecule has 5 aromatic rings. The lowest BCUT2D eigenvalue weighted by atomic mass is 9.97. The van der Waals surface area contributed by atoms with E-state index in [1.807, 2.05) is 60.8 Å². The number of nitrogen functional groups attached to an aromatic ring is 1. The first-order valence-corrected chi connectivity index (χ1v) is 15.9. The Morgan fingerprint density at radius 1 is 0.872 bits per heavy atom. The number of hydrogen-bond donors (Lipinski definition) is 3. The minimum Gasteiger partial charge on any atom is -0.382 e. The second-order valence-corrected chi connectivity index (χ2v) is 12.5. The Kier molecular flexibility index (Phi) is 7.88. The number of rotatable bonds is 6. The van der Waals surface area contributed by atoms with Gasteiger partial charge >= 0.3 is 11.8 Å². The van der Waals surface area contributed by atoms with Crippen molar-refractivity contribution in [3.63, 3.8) is 0 Å². The summed E-state index contributed by atoms with van der Waals surface area (Å²) < 4.78 is 1.92. The first kappa shape index (κ1) is 30.1. The van der Waals surface area contributed by atoms with Crippen LogP contribution in [0.15, 0.2) is 73.2 Å². The highest BCUT2D eigenvalue weighted by Crippen LogP contribution is 2.40. The number of carbonyl (C=O) groups is 3. The van der Waals surface area contributed by atoms with Gasteiger partial charge in [0.15, 0.2) is 0 Å². The van der Waals surface area contributed by atoms with E-state index in [0.717, 1.165) is 35.4 Å². The molecule has 2 aromatic carbocycles. The number of amides is 3. The van der Waals surface area contributed by atoms with Crippen LogP contribution in [-0.4, -0.2) is 55.1 Å². The average molecular weight is 629 g/mol. The lowest BCUT2D eigenvalue weighted by Crippen LogP contribution is -2.45. The zero-order chi connectivity index (χ0) is 32.7. The Balaban J connectivity index is 1.10. The van der Waals surface area contributed by atoms with Gasteiger partial charge in [-0.1, -0.05) is 18.2 Å². The minimum atomic E-state index is -0.661. The van der Waals surface area contributed by atoms with Gasteiger partial charge in [0.05, 0.1) is 0 Å². The fraction of sp³-hybridized carbons (Fsp3) is 0.278. The molecule has 2 aliphatic rings. The number of fused-ring (bicyclic) bond motifs is 1. The third kappa shape index (κ3) is 6.16. The number of pyridine rings is 1. The van der Waals surface area contributed by atoms with Crippen LogP contribution in [0.3, 0.4) is 0 Å². The Morgan fingerprint density at radius 2 is 1.68 bits per heavy atom. The molecule has 0 spiro atoms. The number of piperidine rings is 1. The van der Waals surface area contributed by atoms with Crippen molar-refractivity contribution in [1.29, 1.82) is 0 Å². The molecule has 1 saturated carbocycles. The second-order valence-electron chi connectivity index (χ2n) is 12.5. The Labute approximate surface area is 272 Å². The second kappa shape index (κ2) is 12.3. The van der Waals surface area contributed by atoms with Crippen molar-refractivity contribution in [2.75, 3.05) is 29.5 Å². The zero-order valence-corrected chi connectivity index (χ0v) is 26.4. The number of hydrogen-bond acceptors (Lipinski definition) is 7. The number of benzene rings is 2. The van der Waals surface area contributed by atoms with Gasteiger partial charge in [0.2, 0.25) is 0 Å². The summed E-state index contributed by atoms with van der Waals surface area (Å²) in [7, 11) is 0. The predicted molar refractivity (Wildman–Crippen MR) is 180 cm³/mol. The number of nitrogens with zero attached hydrogens (tertiary/aromatic N) is 5. The predicted octanol–water partition coefficient (Wildman–Crippen LogP) is 5.46. The van der Waals surface area contributed by atoms with Crippen molar-refractivity contribution in [2.45, 2.75) is 51.4 Å². The first-order chi connectivity index (χ1) is 22.7. The molecule has 1 aliphatic heterocycles. The van der Waals surface area contributed by atoms with Gasteiger partial charge in [0, 0.05) is 54.4 Å². The van der Waals surface area contributed by atoms with Crippen LogP contribution in [0.5, 0.6) is 0 Å². The summed E-state index contributed by atoms with van der Waals surface area (Å²) in [5, 5.41) is 5.66. The third-order valence-electron chi connectivity index (χ3n) is 9.14. The number of likely N-dealkylation sites (tertiary alicyclic amines) is 1. The Morgan fingerprint density at radius 3 is 2.45 bits per heavy atom. The number of carbonyl (C=O) groups excluding carboxylic acids is 3. The molecule has 2 fully saturated rings. The van der Waals surface area contributed by atoms with E-state index in [9.17, 15) is 14.4 Å². The molecule has 3 amide bonds. The van der Waals surface area contributed by atoms with Crippen molar-refractivity contribution in [3.05, 3.63) is 101 Å². The summed E-state index contributed by atoms with van der Waals surface area (Å²) in [5.41, 5.74) is 12.9. The molecular formula is C36H36N8O3. The molecule has 1 aliphatic carbocycles. The maximum Gasteiger partial charge on any atom is 0.313 e. The maximum atomic E-state index is 13.2. The summed E-state index contributed by atoms with van der Waals surface area (Å²) in [6.45, 7) is 4.79. The van der Waals surface area contributed by atoms with Crippen LogP contribution >= 0.6 is 0 Å². The molecule has 11 heteroatoms. The molecular weight excluding hydrogens is 592 g/mol. The van der Waals surface area contributed by atoms with E-state index in [1.165, 1.54) is 18.4 Å². The van der Waals surface area contributed by atoms with Gasteiger partial charge in [-0.05, 0) is 98.5 Å². The topological polar surface area (TPSA) is 148 Å². The van der Waals surface area contributed by atoms with Crippen LogP contribution in [0.25, 0.3) is 16.8 Å². The van der Waals surface area contributed by atoms with Gasteiger partial charge in [0.25, 0.3) is 5.91 Å². The fourth-order valence-corrected chi connectivity index (χ4v) is 6.25. The maximum absolute atomic E-state index is 13.2. The van der Waals surface area contributed by atoms with E-state index in [2.05, 4.69) is 20.6 Å². The standard InChI is InChI=1S/C36H36N8O3/c1-21-5-12-28(18-22(21)2)40-35(46)36(47)43-16-3-4-27(20-43)33-42-30(31-32(37)39-15-17-44(31)33)24-8-10-25(11-9-24)34(45)41-29-19-26(13-14-38-29)23-6-7-23/h5,8-15,17-19,23,27H,3-4,6-7,16,20H2,1-2H3,(H2,37,39)(H,40,46)(H,38,41,45)/t27-/m1/s1. The minimum absolute atomic E-state index is 0.130. The molecule has 47 heavy (non-hydrogen) atoms. The first-order valence-electron chi connectivity index (χ1n) is 15.9. The summed E-state index contributed by atoms with van der Waals surface area (Å²) in [6, 6.07) is 16.7. The van der Waals surface area contributed by atoms with Crippen LogP contribution in [0.4, 0.5) is 17.3 Å². The molecule has 0 radical (unpaired) electrons. The van der Waals surface area contributed by atoms with Crippen LogP contribution in [0.1, 0.15) is 70.4 Å². The van der Waals surface area contributed by atoms with E-state index in [-0.39, 0.29) is 11.8 Å². The van der Waals surface area contributed by atoms with Crippen molar-refractivity contribution in [3.8, 4) is 11.3 Å². The molecule has 11 nitrogen and oxygen atoms in total. The van der Waals surface area contributed by atoms with Gasteiger partial charge in [-0.2, -0.15) is 0 Å². The summed E-state index contributed by atoms with van der Waals surface area (Å²) in [5.74, 6) is 0.548. The van der Waals surface area contributed by atoms with Gasteiger partial charge < -0.3 is 21.3 Å². The summed E-state index contributed by atoms with van der Waals surface area (Å²) >= 11 is 0. The lowest BCUT2D eigenvalue weighted by Gasteiger charge is -2.31. The summed E-state index contributed by atoms with van der Waals surface area (Å²) in [4.78, 5) is 54.5. The highest BCUT2D eigenvalue weighted by Gasteiger charge is 2.32. The van der Waals surface area contributed by atoms with Gasteiger partial charge in [-0.25, -0.2) is 15.0 Å². The van der Waals surface area contributed by atoms with E-state index in [0.29, 0.717) is 53.1 Å². The smallest absolute Gasteiger partial charge is 0.313 e. The van der Waals surface area contributed by atoms with E-state index >= 15 is 0 Å². The highest BCUT2D eigenvalue weighted by atomic mass is 16.2. The van der Waals surface area contributed by atoms with Gasteiger partial charge in [-0.3, -0.25) is 18.8 Å². The van der Waals surface area contributed by atoms with E-state index in [4.69, 9.17) is 10.7 Å². The van der Waals surface area contributed by atoms with Crippen LogP contribution in [-0.2, 0) is 9.59 Å². The van der Waals surface area contributed by atoms with Crippen LogP contribution < -0.4 is 16.4 Å². The molecule has 238 valence electrons. The zero-order valence-electron chi connectivity index (χ0n) is 26.4. The van der Waals surface area contributed by atoms with Crippen molar-refractivity contribution in [2.24, 2.45) is 0 Å². The number of nitrogens with one attached hydrogen (secondary N) is 2. The number of aryl methyl sites for hydroxylation is 2. The number of nitrogens with two attached hydrogens (primary N) is 1. The van der Waals surface area contributed by atoms with Crippen LogP contribution in [0.2, 0.25) is 0 Å². The SMILES string of the molecule is Cc1ccc(NC(=O)C(=O)N2CCC[C@@H](c3nc(-c4ccc(C(=O)Nc5cc(C6CC6)ccn5)cc4)c4c(N)nccn34)C2)cc1C. The largest absolute Gasteiger partial charge is 0.382 e. The normalized spacial score (nSPS) is 16.2. The molecule has 7 rings (SSSR count). The highest BCUT2D eigenvalue weighted by molar-refractivity contribution is 6.39. The van der Waals surface area contributed by atoms with E-state index in [1.54, 1.807) is 35.5 Å². The van der Waals surface area contributed by atoms with Gasteiger partial charge in [0.1, 0.15) is 28.7 Å². The number of anilines is 3. The van der Waals surface area contributed by atoms with Crippen molar-refractivity contribution < 1.29 is 14.4 Å². The van der Waals surface area contributed by atoms with Crippen molar-refractivity contribution in [1.82, 2.24) is 24.3 Å². The third-order valence-corrected chi connectivity index (χ3v) is 9.14. The summed E-state index contributed by atoms with van der Waals surface area (Å²) in [6.07, 6.45) is 9.03. The van der Waals surface area contributed by atoms with Crippen LogP contribution in [0, 0.1) is 13.8 Å². The quantitative estimate of drug-likeness (QED) is 0.211. The molecule has 1 saturated heterocycles. The molecule has 0 bridgehead atoms. The van der Waals surface area contributed by atoms with E-state index < -0.39 is 11.8 Å². The average Bonchev–Trinajstić information content (AvgIpc) is 3.86. The number of aromatic nitrogens is 4. The van der Waals surface area contributed by atoms with Crippen molar-refractivity contribution >= 4 is 40.6 Å². The van der Waals surface area contributed by atoms with Gasteiger partial charge in [-0.15, -0.1) is 0 Å². The monoisotopic (exact) mass is 628 g/mol.